The smallest absolute Gasteiger partial charge is 0.215 e. The zero-order valence-electron chi connectivity index (χ0n) is 14.8. The predicted molar refractivity (Wildman–Crippen MR) is 97.5 cm³/mol. The Morgan fingerprint density at radius 1 is 1.21 bits per heavy atom. The van der Waals surface area contributed by atoms with Crippen LogP contribution in [0.2, 0.25) is 0 Å². The van der Waals surface area contributed by atoms with E-state index >= 15 is 0 Å². The van der Waals surface area contributed by atoms with E-state index in [4.69, 9.17) is 0 Å². The Morgan fingerprint density at radius 3 is 2.46 bits per heavy atom. The summed E-state index contributed by atoms with van der Waals surface area (Å²) in [6.45, 7) is 4.93. The maximum atomic E-state index is 13.3. The average Bonchev–Trinajstić information content (AvgIpc) is 3.10. The minimum Gasteiger partial charge on any atom is -0.299 e. The Kier molecular flexibility index (Phi) is 4.13. The van der Waals surface area contributed by atoms with Crippen molar-refractivity contribution in [3.8, 4) is 0 Å². The van der Waals surface area contributed by atoms with E-state index in [0.717, 1.165) is 43.6 Å². The molecule has 2 bridgehead atoms. The average molecular weight is 372 g/mol. The van der Waals surface area contributed by atoms with Gasteiger partial charge in [0.25, 0.3) is 0 Å². The first kappa shape index (κ1) is 17.3. The first-order chi connectivity index (χ1) is 11.3. The van der Waals surface area contributed by atoms with Gasteiger partial charge in [-0.25, -0.2) is 8.42 Å². The normalized spacial score (nSPS) is 38.4. The Hall–Kier alpha value is -0.0700. The molecule has 3 atom stereocenters. The molecular formula is C18H29NO3S2. The molecule has 0 N–H and O–H groups in total. The van der Waals surface area contributed by atoms with E-state index in [0.29, 0.717) is 24.8 Å². The molecule has 0 radical (unpaired) electrons. The SMILES string of the molecule is CC1(C)C2CCC1(CS(=O)(=O)N(CC1CCSC1)C1CC1)C(=O)C2. The van der Waals surface area contributed by atoms with Crippen LogP contribution in [0.3, 0.4) is 0 Å². The van der Waals surface area contributed by atoms with Crippen LogP contribution in [0.5, 0.6) is 0 Å². The van der Waals surface area contributed by atoms with Crippen LogP contribution in [0.4, 0.5) is 0 Å². The van der Waals surface area contributed by atoms with Crippen molar-refractivity contribution in [2.45, 2.75) is 58.4 Å². The topological polar surface area (TPSA) is 54.5 Å². The summed E-state index contributed by atoms with van der Waals surface area (Å²) in [7, 11) is -3.37. The van der Waals surface area contributed by atoms with Crippen molar-refractivity contribution in [2.75, 3.05) is 23.8 Å². The fraction of sp³-hybridized carbons (Fsp3) is 0.944. The van der Waals surface area contributed by atoms with Crippen molar-refractivity contribution in [1.82, 2.24) is 4.31 Å². The molecule has 24 heavy (non-hydrogen) atoms. The van der Waals surface area contributed by atoms with E-state index < -0.39 is 15.4 Å². The Morgan fingerprint density at radius 2 is 1.96 bits per heavy atom. The van der Waals surface area contributed by atoms with Gasteiger partial charge in [0.05, 0.1) is 5.75 Å². The zero-order chi connectivity index (χ0) is 17.2. The molecule has 1 aliphatic heterocycles. The third-order valence-electron chi connectivity index (χ3n) is 7.34. The van der Waals surface area contributed by atoms with Crippen LogP contribution < -0.4 is 0 Å². The van der Waals surface area contributed by atoms with Gasteiger partial charge < -0.3 is 0 Å². The summed E-state index contributed by atoms with van der Waals surface area (Å²) in [5, 5.41) is 0. The molecule has 1 heterocycles. The third kappa shape index (κ3) is 2.59. The molecule has 0 aromatic heterocycles. The fourth-order valence-corrected chi connectivity index (χ4v) is 9.18. The molecule has 4 fully saturated rings. The second kappa shape index (κ2) is 5.71. The zero-order valence-corrected chi connectivity index (χ0v) is 16.4. The van der Waals surface area contributed by atoms with Gasteiger partial charge in [0.2, 0.25) is 10.0 Å². The highest BCUT2D eigenvalue weighted by atomic mass is 32.2. The van der Waals surface area contributed by atoms with Gasteiger partial charge >= 0.3 is 0 Å². The van der Waals surface area contributed by atoms with Crippen LogP contribution in [0.25, 0.3) is 0 Å². The van der Waals surface area contributed by atoms with Gasteiger partial charge in [-0.15, -0.1) is 0 Å². The molecule has 4 nitrogen and oxygen atoms in total. The number of sulfonamides is 1. The van der Waals surface area contributed by atoms with Crippen molar-refractivity contribution in [3.05, 3.63) is 0 Å². The van der Waals surface area contributed by atoms with Crippen LogP contribution in [0.15, 0.2) is 0 Å². The summed E-state index contributed by atoms with van der Waals surface area (Å²) in [4.78, 5) is 12.7. The second-order valence-electron chi connectivity index (χ2n) is 8.95. The summed E-state index contributed by atoms with van der Waals surface area (Å²) < 4.78 is 28.5. The lowest BCUT2D eigenvalue weighted by Gasteiger charge is -2.38. The van der Waals surface area contributed by atoms with E-state index in [-0.39, 0.29) is 23.0 Å². The number of nitrogens with zero attached hydrogens (tertiary/aromatic N) is 1. The maximum Gasteiger partial charge on any atom is 0.215 e. The monoisotopic (exact) mass is 371 g/mol. The number of carbonyl (C=O) groups is 1. The number of Topliss-reactive ketones (excluding diaryl/α,β-unsaturated/α-hetero) is 1. The van der Waals surface area contributed by atoms with Crippen LogP contribution in [-0.2, 0) is 14.8 Å². The number of carbonyl (C=O) groups excluding carboxylic acids is 1. The van der Waals surface area contributed by atoms with Gasteiger partial charge in [0, 0.05) is 24.4 Å². The van der Waals surface area contributed by atoms with Gasteiger partial charge in [-0.1, -0.05) is 13.8 Å². The number of hydrogen-bond donors (Lipinski definition) is 0. The number of hydrogen-bond acceptors (Lipinski definition) is 4. The highest BCUT2D eigenvalue weighted by Crippen LogP contribution is 2.64. The summed E-state index contributed by atoms with van der Waals surface area (Å²) in [6, 6.07) is 0.203. The standard InChI is InChI=1S/C18H29NO3S2/c1-17(2)14-5-7-18(17,16(20)9-14)12-24(21,22)19(15-3-4-15)10-13-6-8-23-11-13/h13-15H,3-12H2,1-2H3. The minimum absolute atomic E-state index is 0.0543. The Labute approximate surface area is 150 Å². The second-order valence-corrected chi connectivity index (χ2v) is 12.0. The lowest BCUT2D eigenvalue weighted by Crippen LogP contribution is -2.48. The Bertz CT molecular complexity index is 635. The van der Waals surface area contributed by atoms with Crippen molar-refractivity contribution in [3.63, 3.8) is 0 Å². The van der Waals surface area contributed by atoms with Crippen LogP contribution in [0, 0.1) is 22.7 Å². The third-order valence-corrected chi connectivity index (χ3v) is 10.6. The van der Waals surface area contributed by atoms with Gasteiger partial charge in [0.15, 0.2) is 0 Å². The maximum absolute atomic E-state index is 13.3. The molecule has 136 valence electrons. The van der Waals surface area contributed by atoms with E-state index in [1.807, 2.05) is 11.8 Å². The van der Waals surface area contributed by atoms with Gasteiger partial charge in [-0.05, 0) is 60.9 Å². The van der Waals surface area contributed by atoms with Crippen molar-refractivity contribution in [1.29, 1.82) is 0 Å². The van der Waals surface area contributed by atoms with E-state index in [2.05, 4.69) is 13.8 Å². The molecule has 3 unspecified atom stereocenters. The molecule has 0 amide bonds. The van der Waals surface area contributed by atoms with Crippen LogP contribution >= 0.6 is 11.8 Å². The number of ketones is 1. The van der Waals surface area contributed by atoms with E-state index in [9.17, 15) is 13.2 Å². The lowest BCUT2D eigenvalue weighted by atomic mass is 9.70. The molecule has 3 aliphatic carbocycles. The summed E-state index contributed by atoms with van der Waals surface area (Å²) in [5.74, 6) is 3.36. The lowest BCUT2D eigenvalue weighted by molar-refractivity contribution is -0.128. The molecule has 0 aromatic carbocycles. The Balaban J connectivity index is 1.58. The fourth-order valence-electron chi connectivity index (χ4n) is 5.34. The van der Waals surface area contributed by atoms with E-state index in [1.54, 1.807) is 4.31 Å². The summed E-state index contributed by atoms with van der Waals surface area (Å²) >= 11 is 1.93. The largest absolute Gasteiger partial charge is 0.299 e. The molecule has 4 rings (SSSR count). The van der Waals surface area contributed by atoms with Crippen LogP contribution in [0.1, 0.15) is 52.4 Å². The molecule has 0 spiro atoms. The van der Waals surface area contributed by atoms with Crippen molar-refractivity contribution < 1.29 is 13.2 Å². The molecular weight excluding hydrogens is 342 g/mol. The molecule has 6 heteroatoms. The first-order valence-corrected chi connectivity index (χ1v) is 12.1. The van der Waals surface area contributed by atoms with E-state index in [1.165, 1.54) is 0 Å². The highest BCUT2D eigenvalue weighted by molar-refractivity contribution is 7.99. The van der Waals surface area contributed by atoms with Gasteiger partial charge in [0.1, 0.15) is 5.78 Å². The van der Waals surface area contributed by atoms with Gasteiger partial charge in [-0.3, -0.25) is 4.79 Å². The van der Waals surface area contributed by atoms with Gasteiger partial charge in [-0.2, -0.15) is 16.1 Å². The van der Waals surface area contributed by atoms with Crippen LogP contribution in [-0.4, -0.2) is 48.4 Å². The van der Waals surface area contributed by atoms with Crippen molar-refractivity contribution in [2.24, 2.45) is 22.7 Å². The molecule has 0 aromatic rings. The number of fused-ring (bicyclic) bond motifs is 2. The molecule has 1 saturated heterocycles. The van der Waals surface area contributed by atoms with Crippen molar-refractivity contribution >= 4 is 27.6 Å². The first-order valence-electron chi connectivity index (χ1n) is 9.37. The quantitative estimate of drug-likeness (QED) is 0.720. The highest BCUT2D eigenvalue weighted by Gasteiger charge is 2.65. The predicted octanol–water partition coefficient (Wildman–Crippen LogP) is 2.93. The molecule has 4 aliphatic rings. The number of thioether (sulfide) groups is 1. The minimum atomic E-state index is -3.37. The summed E-state index contributed by atoms with van der Waals surface area (Å²) in [5.41, 5.74) is -0.802. The number of rotatable bonds is 6. The summed E-state index contributed by atoms with van der Waals surface area (Å²) in [6.07, 6.45) is 5.47. The molecule has 3 saturated carbocycles.